The number of amides is 1. The first-order valence-corrected chi connectivity index (χ1v) is 6.71. The third kappa shape index (κ3) is 1.56. The molecule has 2 heterocycles. The minimum Gasteiger partial charge on any atom is -0.356 e. The van der Waals surface area contributed by atoms with Crippen LogP contribution < -0.4 is 0 Å². The Morgan fingerprint density at radius 3 is 2.75 bits per heavy atom. The Morgan fingerprint density at radius 2 is 2.00 bits per heavy atom. The second-order valence-electron chi connectivity index (χ2n) is 5.66. The highest BCUT2D eigenvalue weighted by Crippen LogP contribution is 2.39. The van der Waals surface area contributed by atoms with Crippen LogP contribution in [0.15, 0.2) is 0 Å². The summed E-state index contributed by atoms with van der Waals surface area (Å²) >= 11 is 0. The molecule has 3 atom stereocenters. The molecule has 0 aromatic carbocycles. The van der Waals surface area contributed by atoms with Crippen molar-refractivity contribution in [2.75, 3.05) is 6.61 Å². The molecule has 0 bridgehead atoms. The standard InChI is InChI=1S/C13H21NO2/c1-9-7-11-8-16-13(14(11)12(9)15)10-5-3-2-4-6-10/h9-11,13H,2-8H2,1H3/t9-,11?,13?/m0/s1. The fraction of sp³-hybridized carbons (Fsp3) is 0.923. The molecule has 1 aliphatic carbocycles. The van der Waals surface area contributed by atoms with E-state index >= 15 is 0 Å². The topological polar surface area (TPSA) is 29.5 Å². The van der Waals surface area contributed by atoms with Crippen molar-refractivity contribution in [1.82, 2.24) is 4.90 Å². The van der Waals surface area contributed by atoms with Crippen LogP contribution in [-0.2, 0) is 9.53 Å². The maximum absolute atomic E-state index is 12.1. The summed E-state index contributed by atoms with van der Waals surface area (Å²) in [5.41, 5.74) is 0. The van der Waals surface area contributed by atoms with Gasteiger partial charge in [-0.25, -0.2) is 0 Å². The van der Waals surface area contributed by atoms with Crippen LogP contribution in [0.5, 0.6) is 0 Å². The minimum atomic E-state index is 0.114. The van der Waals surface area contributed by atoms with Gasteiger partial charge in [0.05, 0.1) is 12.6 Å². The summed E-state index contributed by atoms with van der Waals surface area (Å²) in [5, 5.41) is 0. The molecule has 0 aromatic rings. The predicted octanol–water partition coefficient (Wildman–Crippen LogP) is 2.16. The fourth-order valence-corrected chi connectivity index (χ4v) is 3.61. The highest BCUT2D eigenvalue weighted by molar-refractivity contribution is 5.81. The lowest BCUT2D eigenvalue weighted by atomic mass is 9.87. The molecular formula is C13H21NO2. The highest BCUT2D eigenvalue weighted by atomic mass is 16.5. The van der Waals surface area contributed by atoms with Crippen LogP contribution in [0.4, 0.5) is 0 Å². The normalized spacial score (nSPS) is 40.4. The fourth-order valence-electron chi connectivity index (χ4n) is 3.61. The summed E-state index contributed by atoms with van der Waals surface area (Å²) in [7, 11) is 0. The number of nitrogens with zero attached hydrogens (tertiary/aromatic N) is 1. The van der Waals surface area contributed by atoms with Gasteiger partial charge in [-0.05, 0) is 19.3 Å². The zero-order valence-electron chi connectivity index (χ0n) is 10.0. The molecule has 1 saturated carbocycles. The Balaban J connectivity index is 1.74. The Kier molecular flexibility index (Phi) is 2.66. The average Bonchev–Trinajstić information content (AvgIpc) is 2.83. The molecule has 3 aliphatic rings. The van der Waals surface area contributed by atoms with Crippen LogP contribution in [0.3, 0.4) is 0 Å². The summed E-state index contributed by atoms with van der Waals surface area (Å²) in [6.07, 6.45) is 7.59. The van der Waals surface area contributed by atoms with Gasteiger partial charge in [0.15, 0.2) is 0 Å². The van der Waals surface area contributed by atoms with Crippen molar-refractivity contribution in [2.45, 2.75) is 57.7 Å². The van der Waals surface area contributed by atoms with Gasteiger partial charge in [0.1, 0.15) is 6.23 Å². The number of rotatable bonds is 1. The van der Waals surface area contributed by atoms with Crippen LogP contribution in [0, 0.1) is 11.8 Å². The van der Waals surface area contributed by atoms with Crippen molar-refractivity contribution >= 4 is 5.91 Å². The van der Waals surface area contributed by atoms with Crippen molar-refractivity contribution in [3.05, 3.63) is 0 Å². The highest BCUT2D eigenvalue weighted by Gasteiger charge is 2.48. The Labute approximate surface area is 97.1 Å². The number of carbonyl (C=O) groups is 1. The van der Waals surface area contributed by atoms with E-state index in [9.17, 15) is 4.79 Å². The number of carbonyl (C=O) groups excluding carboxylic acids is 1. The first kappa shape index (κ1) is 10.6. The molecular weight excluding hydrogens is 202 g/mol. The number of fused-ring (bicyclic) bond motifs is 1. The van der Waals surface area contributed by atoms with Crippen molar-refractivity contribution < 1.29 is 9.53 Å². The molecule has 3 heteroatoms. The van der Waals surface area contributed by atoms with Gasteiger partial charge in [-0.3, -0.25) is 4.79 Å². The van der Waals surface area contributed by atoms with Crippen LogP contribution in [0.1, 0.15) is 45.4 Å². The monoisotopic (exact) mass is 223 g/mol. The third-order valence-electron chi connectivity index (χ3n) is 4.48. The number of ether oxygens (including phenoxy) is 1. The van der Waals surface area contributed by atoms with Crippen LogP contribution in [0.25, 0.3) is 0 Å². The second kappa shape index (κ2) is 4.02. The molecule has 1 amide bonds. The molecule has 0 spiro atoms. The lowest BCUT2D eigenvalue weighted by molar-refractivity contribution is -0.140. The Bertz CT molecular complexity index is 286. The molecule has 16 heavy (non-hydrogen) atoms. The number of hydrogen-bond acceptors (Lipinski definition) is 2. The predicted molar refractivity (Wildman–Crippen MR) is 60.7 cm³/mol. The zero-order chi connectivity index (χ0) is 11.1. The van der Waals surface area contributed by atoms with Crippen molar-refractivity contribution in [3.8, 4) is 0 Å². The molecule has 2 unspecified atom stereocenters. The van der Waals surface area contributed by atoms with Gasteiger partial charge in [0.25, 0.3) is 0 Å². The van der Waals surface area contributed by atoms with Crippen molar-refractivity contribution in [3.63, 3.8) is 0 Å². The van der Waals surface area contributed by atoms with Gasteiger partial charge in [-0.2, -0.15) is 0 Å². The lowest BCUT2D eigenvalue weighted by Gasteiger charge is -2.32. The molecule has 3 rings (SSSR count). The second-order valence-corrected chi connectivity index (χ2v) is 5.66. The van der Waals surface area contributed by atoms with Crippen LogP contribution >= 0.6 is 0 Å². The van der Waals surface area contributed by atoms with Gasteiger partial charge < -0.3 is 9.64 Å². The summed E-state index contributed by atoms with van der Waals surface area (Å²) in [6, 6.07) is 0.384. The number of hydrogen-bond donors (Lipinski definition) is 0. The molecule has 0 N–H and O–H groups in total. The summed E-state index contributed by atoms with van der Waals surface area (Å²) in [6.45, 7) is 2.83. The van der Waals surface area contributed by atoms with Gasteiger partial charge in [-0.15, -0.1) is 0 Å². The first-order chi connectivity index (χ1) is 7.77. The average molecular weight is 223 g/mol. The van der Waals surface area contributed by atoms with Gasteiger partial charge >= 0.3 is 0 Å². The zero-order valence-corrected chi connectivity index (χ0v) is 10.0. The van der Waals surface area contributed by atoms with Gasteiger partial charge in [-0.1, -0.05) is 26.2 Å². The Hall–Kier alpha value is -0.570. The van der Waals surface area contributed by atoms with E-state index in [0.29, 0.717) is 17.9 Å². The van der Waals surface area contributed by atoms with E-state index in [1.54, 1.807) is 0 Å². The maximum atomic E-state index is 12.1. The van der Waals surface area contributed by atoms with E-state index in [4.69, 9.17) is 4.74 Å². The van der Waals surface area contributed by atoms with E-state index in [1.165, 1.54) is 32.1 Å². The van der Waals surface area contributed by atoms with Crippen molar-refractivity contribution in [1.29, 1.82) is 0 Å². The summed E-state index contributed by atoms with van der Waals surface area (Å²) < 4.78 is 5.88. The molecule has 90 valence electrons. The Morgan fingerprint density at radius 1 is 1.25 bits per heavy atom. The van der Waals surface area contributed by atoms with E-state index in [0.717, 1.165) is 13.0 Å². The SMILES string of the molecule is C[C@H]1CC2COC(C3CCCCC3)N2C1=O. The van der Waals surface area contributed by atoms with E-state index in [-0.39, 0.29) is 12.1 Å². The smallest absolute Gasteiger partial charge is 0.227 e. The lowest BCUT2D eigenvalue weighted by Crippen LogP contribution is -2.41. The molecule has 2 aliphatic heterocycles. The van der Waals surface area contributed by atoms with Gasteiger partial charge in [0, 0.05) is 11.8 Å². The van der Waals surface area contributed by atoms with E-state index < -0.39 is 0 Å². The van der Waals surface area contributed by atoms with E-state index in [2.05, 4.69) is 11.8 Å². The maximum Gasteiger partial charge on any atom is 0.227 e. The van der Waals surface area contributed by atoms with Gasteiger partial charge in [0.2, 0.25) is 5.91 Å². The first-order valence-electron chi connectivity index (χ1n) is 6.71. The largest absolute Gasteiger partial charge is 0.356 e. The molecule has 0 radical (unpaired) electrons. The molecule has 2 saturated heterocycles. The minimum absolute atomic E-state index is 0.114. The summed E-state index contributed by atoms with van der Waals surface area (Å²) in [4.78, 5) is 14.2. The summed E-state index contributed by atoms with van der Waals surface area (Å²) in [5.74, 6) is 1.16. The van der Waals surface area contributed by atoms with E-state index in [1.807, 2.05) is 0 Å². The van der Waals surface area contributed by atoms with Crippen molar-refractivity contribution in [2.24, 2.45) is 11.8 Å². The van der Waals surface area contributed by atoms with Crippen LogP contribution in [0.2, 0.25) is 0 Å². The molecule has 3 fully saturated rings. The quantitative estimate of drug-likeness (QED) is 0.681. The molecule has 3 nitrogen and oxygen atoms in total. The molecule has 0 aromatic heterocycles. The van der Waals surface area contributed by atoms with Crippen LogP contribution in [-0.4, -0.2) is 29.7 Å². The third-order valence-corrected chi connectivity index (χ3v) is 4.48.